The van der Waals surface area contributed by atoms with Gasteiger partial charge < -0.3 is 29.1 Å². The lowest BCUT2D eigenvalue weighted by Crippen LogP contribution is -2.49. The summed E-state index contributed by atoms with van der Waals surface area (Å²) < 4.78 is 12.7. The van der Waals surface area contributed by atoms with Gasteiger partial charge in [-0.2, -0.15) is 9.97 Å². The van der Waals surface area contributed by atoms with Crippen LogP contribution in [0, 0.1) is 0 Å². The second-order valence-electron chi connectivity index (χ2n) is 10.7. The molecule has 3 aliphatic heterocycles. The average Bonchev–Trinajstić information content (AvgIpc) is 3.40. The van der Waals surface area contributed by atoms with E-state index in [-0.39, 0.29) is 11.9 Å². The standard InChI is InChI=1S/C30H35ClN6O3/c1-4-25(38)36-14-16-37(17-15-36)29-27-28(32-30(33-29)40-18-21-10-7-13-34(21)2)35(3)24(19-39-27)22-11-5-8-20-9-6-12-23(31)26(20)22/h4-6,8-9,11-12,21,24H,1,7,10,13-19H2,2-3H3. The summed E-state index contributed by atoms with van der Waals surface area (Å²) in [5.41, 5.74) is 1.09. The zero-order valence-electron chi connectivity index (χ0n) is 23.1. The number of nitrogens with zero attached hydrogens (tertiary/aromatic N) is 6. The summed E-state index contributed by atoms with van der Waals surface area (Å²) in [6, 6.07) is 12.8. The van der Waals surface area contributed by atoms with E-state index in [1.807, 2.05) is 19.2 Å². The van der Waals surface area contributed by atoms with Crippen LogP contribution in [0.4, 0.5) is 11.6 Å². The number of ether oxygens (including phenoxy) is 2. The lowest BCUT2D eigenvalue weighted by atomic mass is 9.97. The highest BCUT2D eigenvalue weighted by Gasteiger charge is 2.35. The van der Waals surface area contributed by atoms with Crippen molar-refractivity contribution in [3.8, 4) is 11.8 Å². The molecule has 1 aromatic heterocycles. The van der Waals surface area contributed by atoms with E-state index >= 15 is 0 Å². The van der Waals surface area contributed by atoms with E-state index < -0.39 is 0 Å². The number of amides is 1. The fourth-order valence-corrected chi connectivity index (χ4v) is 6.29. The third-order valence-corrected chi connectivity index (χ3v) is 8.70. The summed E-state index contributed by atoms with van der Waals surface area (Å²) in [5, 5.41) is 2.82. The van der Waals surface area contributed by atoms with Gasteiger partial charge >= 0.3 is 6.01 Å². The van der Waals surface area contributed by atoms with Crippen molar-refractivity contribution < 1.29 is 14.3 Å². The Labute approximate surface area is 239 Å². The number of halogens is 1. The number of piperazine rings is 1. The minimum atomic E-state index is -0.102. The van der Waals surface area contributed by atoms with Crippen LogP contribution in [0.15, 0.2) is 49.1 Å². The number of rotatable bonds is 6. The van der Waals surface area contributed by atoms with Crippen molar-refractivity contribution >= 4 is 39.9 Å². The Hall–Kier alpha value is -3.56. The van der Waals surface area contributed by atoms with E-state index in [4.69, 9.17) is 31.0 Å². The molecule has 2 unspecified atom stereocenters. The van der Waals surface area contributed by atoms with Gasteiger partial charge in [0.1, 0.15) is 13.2 Å². The normalized spacial score (nSPS) is 21.3. The van der Waals surface area contributed by atoms with Crippen LogP contribution in [0.1, 0.15) is 24.4 Å². The number of aromatic nitrogens is 2. The van der Waals surface area contributed by atoms with Gasteiger partial charge in [-0.05, 0) is 49.5 Å². The molecule has 210 valence electrons. The minimum absolute atomic E-state index is 0.0540. The lowest BCUT2D eigenvalue weighted by Gasteiger charge is -2.39. The molecule has 2 fully saturated rings. The highest BCUT2D eigenvalue weighted by Crippen LogP contribution is 2.45. The van der Waals surface area contributed by atoms with E-state index in [1.54, 1.807) is 4.90 Å². The summed E-state index contributed by atoms with van der Waals surface area (Å²) in [5.74, 6) is 1.97. The SMILES string of the molecule is C=CC(=O)N1CCN(c2nc(OCC3CCCN3C)nc3c2OCC(c2cccc4cccc(Cl)c24)N3C)CC1. The third kappa shape index (κ3) is 4.92. The maximum atomic E-state index is 12.2. The lowest BCUT2D eigenvalue weighted by molar-refractivity contribution is -0.126. The van der Waals surface area contributed by atoms with Crippen LogP contribution in [0.3, 0.4) is 0 Å². The molecule has 2 aromatic carbocycles. The molecule has 40 heavy (non-hydrogen) atoms. The van der Waals surface area contributed by atoms with Gasteiger partial charge in [0.05, 0.1) is 6.04 Å². The molecule has 9 nitrogen and oxygen atoms in total. The van der Waals surface area contributed by atoms with Gasteiger partial charge in [-0.1, -0.05) is 48.5 Å². The highest BCUT2D eigenvalue weighted by molar-refractivity contribution is 6.35. The number of likely N-dealkylation sites (N-methyl/N-ethyl adjacent to an activating group) is 2. The molecular weight excluding hydrogens is 528 g/mol. The fourth-order valence-electron chi connectivity index (χ4n) is 6.00. The van der Waals surface area contributed by atoms with Gasteiger partial charge in [-0.15, -0.1) is 0 Å². The maximum absolute atomic E-state index is 12.2. The van der Waals surface area contributed by atoms with E-state index in [9.17, 15) is 4.79 Å². The Morgan fingerprint density at radius 1 is 1.10 bits per heavy atom. The van der Waals surface area contributed by atoms with Crippen molar-refractivity contribution in [3.63, 3.8) is 0 Å². The molecule has 3 aliphatic rings. The van der Waals surface area contributed by atoms with Crippen molar-refractivity contribution in [1.82, 2.24) is 19.8 Å². The number of hydrogen-bond acceptors (Lipinski definition) is 8. The first-order valence-corrected chi connectivity index (χ1v) is 14.3. The average molecular weight is 563 g/mol. The van der Waals surface area contributed by atoms with Crippen LogP contribution >= 0.6 is 11.6 Å². The Morgan fingerprint density at radius 2 is 1.85 bits per heavy atom. The third-order valence-electron chi connectivity index (χ3n) is 8.38. The first-order valence-electron chi connectivity index (χ1n) is 13.9. The predicted molar refractivity (Wildman–Crippen MR) is 158 cm³/mol. The predicted octanol–water partition coefficient (Wildman–Crippen LogP) is 4.16. The largest absolute Gasteiger partial charge is 0.484 e. The quantitative estimate of drug-likeness (QED) is 0.415. The summed E-state index contributed by atoms with van der Waals surface area (Å²) in [6.45, 7) is 8.08. The van der Waals surface area contributed by atoms with Crippen molar-refractivity contribution in [3.05, 3.63) is 59.6 Å². The van der Waals surface area contributed by atoms with Crippen LogP contribution in [-0.2, 0) is 4.79 Å². The monoisotopic (exact) mass is 562 g/mol. The van der Waals surface area contributed by atoms with E-state index in [2.05, 4.69) is 52.6 Å². The van der Waals surface area contributed by atoms with Gasteiger partial charge in [0.2, 0.25) is 11.7 Å². The van der Waals surface area contributed by atoms with Crippen molar-refractivity contribution in [2.75, 3.05) is 69.8 Å². The second-order valence-corrected chi connectivity index (χ2v) is 11.1. The number of benzene rings is 2. The Bertz CT molecular complexity index is 1420. The summed E-state index contributed by atoms with van der Waals surface area (Å²) in [6.07, 6.45) is 3.63. The Kier molecular flexibility index (Phi) is 7.42. The molecule has 0 spiro atoms. The molecule has 2 atom stereocenters. The maximum Gasteiger partial charge on any atom is 0.320 e. The van der Waals surface area contributed by atoms with Gasteiger partial charge in [0.25, 0.3) is 0 Å². The zero-order valence-corrected chi connectivity index (χ0v) is 23.8. The van der Waals surface area contributed by atoms with Gasteiger partial charge in [-0.3, -0.25) is 4.79 Å². The van der Waals surface area contributed by atoms with Crippen LogP contribution in [0.25, 0.3) is 10.8 Å². The molecule has 0 N–H and O–H groups in total. The highest BCUT2D eigenvalue weighted by atomic mass is 35.5. The molecule has 0 aliphatic carbocycles. The van der Waals surface area contributed by atoms with E-state index in [1.165, 1.54) is 12.5 Å². The molecule has 1 amide bonds. The Balaban J connectivity index is 1.35. The number of carbonyl (C=O) groups excluding carboxylic acids is 1. The smallest absolute Gasteiger partial charge is 0.320 e. The van der Waals surface area contributed by atoms with Crippen LogP contribution < -0.4 is 19.3 Å². The number of carbonyl (C=O) groups is 1. The van der Waals surface area contributed by atoms with Crippen molar-refractivity contribution in [1.29, 1.82) is 0 Å². The first-order chi connectivity index (χ1) is 19.4. The van der Waals surface area contributed by atoms with Gasteiger partial charge in [0, 0.05) is 49.7 Å². The van der Waals surface area contributed by atoms with Crippen molar-refractivity contribution in [2.24, 2.45) is 0 Å². The molecule has 0 saturated carbocycles. The summed E-state index contributed by atoms with van der Waals surface area (Å²) in [4.78, 5) is 30.3. The fraction of sp³-hybridized carbons (Fsp3) is 0.433. The molecule has 4 heterocycles. The molecule has 10 heteroatoms. The molecule has 3 aromatic rings. The molecule has 6 rings (SSSR count). The Morgan fingerprint density at radius 3 is 2.58 bits per heavy atom. The topological polar surface area (TPSA) is 74.3 Å². The number of likely N-dealkylation sites (tertiary alicyclic amines) is 1. The van der Waals surface area contributed by atoms with E-state index in [0.29, 0.717) is 73.9 Å². The summed E-state index contributed by atoms with van der Waals surface area (Å²) in [7, 11) is 4.17. The van der Waals surface area contributed by atoms with Crippen LogP contribution in [0.5, 0.6) is 11.8 Å². The van der Waals surface area contributed by atoms with Gasteiger partial charge in [0.15, 0.2) is 11.6 Å². The van der Waals surface area contributed by atoms with Crippen LogP contribution in [0.2, 0.25) is 5.02 Å². The minimum Gasteiger partial charge on any atom is -0.484 e. The zero-order chi connectivity index (χ0) is 27.8. The van der Waals surface area contributed by atoms with Gasteiger partial charge in [-0.25, -0.2) is 0 Å². The van der Waals surface area contributed by atoms with E-state index in [0.717, 1.165) is 29.3 Å². The van der Waals surface area contributed by atoms with Crippen LogP contribution in [-0.4, -0.2) is 91.7 Å². The molecule has 0 bridgehead atoms. The molecular formula is C30H35ClN6O3. The van der Waals surface area contributed by atoms with Crippen molar-refractivity contribution in [2.45, 2.75) is 24.9 Å². The number of hydrogen-bond donors (Lipinski definition) is 0. The number of anilines is 2. The summed E-state index contributed by atoms with van der Waals surface area (Å²) >= 11 is 6.69. The number of fused-ring (bicyclic) bond motifs is 2. The first kappa shape index (κ1) is 26.7. The molecule has 0 radical (unpaired) electrons. The second kappa shape index (κ2) is 11.1. The molecule has 2 saturated heterocycles.